The van der Waals surface area contributed by atoms with Crippen molar-refractivity contribution in [3.8, 4) is 0 Å². The lowest BCUT2D eigenvalue weighted by Gasteiger charge is -2.21. The summed E-state index contributed by atoms with van der Waals surface area (Å²) in [6.45, 7) is 5.85. The lowest BCUT2D eigenvalue weighted by molar-refractivity contribution is 0.102. The summed E-state index contributed by atoms with van der Waals surface area (Å²) in [5, 5.41) is 3.59. The van der Waals surface area contributed by atoms with Crippen LogP contribution in [0.25, 0.3) is 11.1 Å². The van der Waals surface area contributed by atoms with Crippen LogP contribution in [-0.4, -0.2) is 33.9 Å². The molecule has 3 aromatic rings. The van der Waals surface area contributed by atoms with Gasteiger partial charge in [0.25, 0.3) is 5.91 Å². The smallest absolute Gasteiger partial charge is 0.258 e. The predicted octanol–water partition coefficient (Wildman–Crippen LogP) is 3.87. The zero-order valence-electron chi connectivity index (χ0n) is 15.7. The lowest BCUT2D eigenvalue weighted by atomic mass is 10.2. The molecule has 140 valence electrons. The second kappa shape index (κ2) is 7.34. The van der Waals surface area contributed by atoms with E-state index in [4.69, 9.17) is 4.42 Å². The Morgan fingerprint density at radius 1 is 1.07 bits per heavy atom. The van der Waals surface area contributed by atoms with Crippen LogP contribution in [0, 0.1) is 13.8 Å². The molecular formula is C20H23N5O2. The molecule has 1 amide bonds. The van der Waals surface area contributed by atoms with Crippen LogP contribution in [0.5, 0.6) is 0 Å². The third kappa shape index (κ3) is 3.49. The molecule has 1 aliphatic rings. The van der Waals surface area contributed by atoms with Crippen LogP contribution in [0.2, 0.25) is 0 Å². The average molecular weight is 365 g/mol. The standard InChI is InChI=1S/C20H23N5O2/c1-13-14(2)27-20-17(13)18(22-12-23-20)24-19(26)15-7-8-16(21-11-15)25-9-5-3-4-6-10-25/h7-8,11-12H,3-6,9-10H2,1-2H3,(H,22,23,24,26). The Hall–Kier alpha value is -2.96. The summed E-state index contributed by atoms with van der Waals surface area (Å²) in [7, 11) is 0. The van der Waals surface area contributed by atoms with Gasteiger partial charge in [-0.05, 0) is 38.8 Å². The molecule has 4 heterocycles. The number of rotatable bonds is 3. The van der Waals surface area contributed by atoms with Gasteiger partial charge in [-0.25, -0.2) is 15.0 Å². The summed E-state index contributed by atoms with van der Waals surface area (Å²) in [5.41, 5.74) is 1.90. The number of aromatic nitrogens is 3. The van der Waals surface area contributed by atoms with Crippen molar-refractivity contribution in [1.82, 2.24) is 15.0 Å². The second-order valence-corrected chi connectivity index (χ2v) is 6.95. The Morgan fingerprint density at radius 3 is 2.56 bits per heavy atom. The van der Waals surface area contributed by atoms with E-state index >= 15 is 0 Å². The number of carbonyl (C=O) groups excluding carboxylic acids is 1. The maximum Gasteiger partial charge on any atom is 0.258 e. The normalized spacial score (nSPS) is 15.0. The van der Waals surface area contributed by atoms with Crippen LogP contribution in [0.15, 0.2) is 29.1 Å². The van der Waals surface area contributed by atoms with Crippen LogP contribution >= 0.6 is 0 Å². The number of pyridine rings is 1. The first-order valence-corrected chi connectivity index (χ1v) is 9.36. The average Bonchev–Trinajstić information content (AvgIpc) is 2.86. The largest absolute Gasteiger partial charge is 0.443 e. The van der Waals surface area contributed by atoms with E-state index in [9.17, 15) is 4.79 Å². The quantitative estimate of drug-likeness (QED) is 0.758. The van der Waals surface area contributed by atoms with Gasteiger partial charge in [0.2, 0.25) is 5.71 Å². The summed E-state index contributed by atoms with van der Waals surface area (Å²) >= 11 is 0. The highest BCUT2D eigenvalue weighted by molar-refractivity contribution is 6.07. The molecule has 7 heteroatoms. The van der Waals surface area contributed by atoms with E-state index in [1.165, 1.54) is 32.0 Å². The van der Waals surface area contributed by atoms with Crippen LogP contribution in [-0.2, 0) is 0 Å². The summed E-state index contributed by atoms with van der Waals surface area (Å²) < 4.78 is 5.60. The number of hydrogen-bond acceptors (Lipinski definition) is 6. The first-order chi connectivity index (χ1) is 13.1. The van der Waals surface area contributed by atoms with Gasteiger partial charge in [-0.3, -0.25) is 4.79 Å². The van der Waals surface area contributed by atoms with E-state index in [1.807, 2.05) is 26.0 Å². The lowest BCUT2D eigenvalue weighted by Crippen LogP contribution is -2.25. The molecule has 0 unspecified atom stereocenters. The number of hydrogen-bond donors (Lipinski definition) is 1. The van der Waals surface area contributed by atoms with Gasteiger partial charge in [0, 0.05) is 24.8 Å². The summed E-state index contributed by atoms with van der Waals surface area (Å²) in [5.74, 6) is 1.91. The second-order valence-electron chi connectivity index (χ2n) is 6.95. The first-order valence-electron chi connectivity index (χ1n) is 9.36. The minimum atomic E-state index is -0.247. The van der Waals surface area contributed by atoms with Gasteiger partial charge in [0.15, 0.2) is 0 Å². The highest BCUT2D eigenvalue weighted by atomic mass is 16.3. The summed E-state index contributed by atoms with van der Waals surface area (Å²) in [6, 6.07) is 3.73. The van der Waals surface area contributed by atoms with E-state index in [0.29, 0.717) is 17.1 Å². The Labute approximate surface area is 157 Å². The van der Waals surface area contributed by atoms with Crippen LogP contribution < -0.4 is 10.2 Å². The molecule has 1 saturated heterocycles. The highest BCUT2D eigenvalue weighted by Gasteiger charge is 2.17. The van der Waals surface area contributed by atoms with Crippen LogP contribution in [0.4, 0.5) is 11.6 Å². The van der Waals surface area contributed by atoms with Crippen LogP contribution in [0.3, 0.4) is 0 Å². The van der Waals surface area contributed by atoms with Crippen molar-refractivity contribution in [1.29, 1.82) is 0 Å². The van der Waals surface area contributed by atoms with Gasteiger partial charge < -0.3 is 14.6 Å². The molecule has 1 aliphatic heterocycles. The van der Waals surface area contributed by atoms with E-state index in [0.717, 1.165) is 35.6 Å². The van der Waals surface area contributed by atoms with Crippen LogP contribution in [0.1, 0.15) is 47.4 Å². The molecule has 0 aliphatic carbocycles. The molecule has 0 aromatic carbocycles. The van der Waals surface area contributed by atoms with E-state index < -0.39 is 0 Å². The molecule has 1 N–H and O–H groups in total. The fourth-order valence-corrected chi connectivity index (χ4v) is 3.46. The Kier molecular flexibility index (Phi) is 4.75. The number of furan rings is 1. The van der Waals surface area contributed by atoms with Gasteiger partial charge in [-0.2, -0.15) is 0 Å². The zero-order chi connectivity index (χ0) is 18.8. The van der Waals surface area contributed by atoms with Gasteiger partial charge in [-0.15, -0.1) is 0 Å². The van der Waals surface area contributed by atoms with Gasteiger partial charge in [-0.1, -0.05) is 12.8 Å². The van der Waals surface area contributed by atoms with Crippen molar-refractivity contribution in [3.05, 3.63) is 41.5 Å². The molecule has 0 spiro atoms. The molecule has 0 radical (unpaired) electrons. The molecule has 3 aromatic heterocycles. The van der Waals surface area contributed by atoms with Crippen molar-refractivity contribution in [3.63, 3.8) is 0 Å². The Morgan fingerprint density at radius 2 is 1.85 bits per heavy atom. The van der Waals surface area contributed by atoms with E-state index in [1.54, 1.807) is 6.20 Å². The number of anilines is 2. The topological polar surface area (TPSA) is 84.2 Å². The molecule has 0 atom stereocenters. The Bertz CT molecular complexity index is 956. The molecule has 7 nitrogen and oxygen atoms in total. The number of nitrogens with one attached hydrogen (secondary N) is 1. The van der Waals surface area contributed by atoms with Crippen molar-refractivity contribution >= 4 is 28.6 Å². The number of nitrogens with zero attached hydrogens (tertiary/aromatic N) is 4. The summed E-state index contributed by atoms with van der Waals surface area (Å²) in [6.07, 6.45) is 7.95. The first kappa shape index (κ1) is 17.5. The third-order valence-electron chi connectivity index (χ3n) is 5.14. The molecule has 0 saturated carbocycles. The number of amides is 1. The van der Waals surface area contributed by atoms with Gasteiger partial charge >= 0.3 is 0 Å². The number of carbonyl (C=O) groups is 1. The molecule has 4 rings (SSSR count). The minimum Gasteiger partial charge on any atom is -0.443 e. The van der Waals surface area contributed by atoms with Crippen molar-refractivity contribution in [2.45, 2.75) is 39.5 Å². The minimum absolute atomic E-state index is 0.247. The van der Waals surface area contributed by atoms with Crippen molar-refractivity contribution in [2.24, 2.45) is 0 Å². The SMILES string of the molecule is Cc1oc2ncnc(NC(=O)c3ccc(N4CCCCCC4)nc3)c2c1C. The monoisotopic (exact) mass is 365 g/mol. The highest BCUT2D eigenvalue weighted by Crippen LogP contribution is 2.28. The molecule has 27 heavy (non-hydrogen) atoms. The number of aryl methyl sites for hydroxylation is 2. The predicted molar refractivity (Wildman–Crippen MR) is 104 cm³/mol. The number of fused-ring (bicyclic) bond motifs is 1. The van der Waals surface area contributed by atoms with Gasteiger partial charge in [0.1, 0.15) is 23.7 Å². The van der Waals surface area contributed by atoms with E-state index in [-0.39, 0.29) is 5.91 Å². The molecular weight excluding hydrogens is 342 g/mol. The van der Waals surface area contributed by atoms with E-state index in [2.05, 4.69) is 25.2 Å². The Balaban J connectivity index is 1.53. The fourth-order valence-electron chi connectivity index (χ4n) is 3.46. The fraction of sp³-hybridized carbons (Fsp3) is 0.400. The van der Waals surface area contributed by atoms with Crippen molar-refractivity contribution in [2.75, 3.05) is 23.3 Å². The summed E-state index contributed by atoms with van der Waals surface area (Å²) in [4.78, 5) is 27.8. The van der Waals surface area contributed by atoms with Crippen molar-refractivity contribution < 1.29 is 9.21 Å². The van der Waals surface area contributed by atoms with Gasteiger partial charge in [0.05, 0.1) is 10.9 Å². The zero-order valence-corrected chi connectivity index (χ0v) is 15.7. The third-order valence-corrected chi connectivity index (χ3v) is 5.14. The molecule has 1 fully saturated rings. The maximum absolute atomic E-state index is 12.7. The maximum atomic E-state index is 12.7. The molecule has 0 bridgehead atoms.